The van der Waals surface area contributed by atoms with Crippen LogP contribution >= 0.6 is 0 Å². The molecule has 0 aromatic carbocycles. The molecule has 0 spiro atoms. The molecule has 0 amide bonds. The van der Waals surface area contributed by atoms with Gasteiger partial charge in [0, 0.05) is 30.7 Å². The lowest BCUT2D eigenvalue weighted by Gasteiger charge is -2.38. The summed E-state index contributed by atoms with van der Waals surface area (Å²) >= 11 is 0. The van der Waals surface area contributed by atoms with Crippen molar-refractivity contribution in [2.45, 2.75) is 57.3 Å². The van der Waals surface area contributed by atoms with Crippen molar-refractivity contribution in [3.8, 4) is 0 Å². The van der Waals surface area contributed by atoms with Crippen LogP contribution in [0.2, 0.25) is 0 Å². The molecule has 2 fully saturated rings. The third-order valence-corrected chi connectivity index (χ3v) is 4.31. The number of piperidine rings is 1. The third kappa shape index (κ3) is 2.11. The van der Waals surface area contributed by atoms with Crippen molar-refractivity contribution < 1.29 is 4.52 Å². The molecule has 2 bridgehead atoms. The highest BCUT2D eigenvalue weighted by Gasteiger charge is 2.40. The molecule has 1 N–H and O–H groups in total. The van der Waals surface area contributed by atoms with Crippen LogP contribution in [0.1, 0.15) is 37.1 Å². The molecule has 1 aromatic rings. The number of hydrogen-bond donors (Lipinski definition) is 1. The summed E-state index contributed by atoms with van der Waals surface area (Å²) < 4.78 is 5.15. The highest BCUT2D eigenvalue weighted by Crippen LogP contribution is 2.36. The van der Waals surface area contributed by atoms with E-state index in [4.69, 9.17) is 4.52 Å². The predicted molar refractivity (Wildman–Crippen MR) is 65.7 cm³/mol. The first-order valence-corrected chi connectivity index (χ1v) is 6.61. The van der Waals surface area contributed by atoms with E-state index in [9.17, 15) is 0 Å². The minimum atomic E-state index is 0.711. The number of aryl methyl sites for hydroxylation is 1. The van der Waals surface area contributed by atoms with E-state index in [1.165, 1.54) is 25.7 Å². The van der Waals surface area contributed by atoms with Gasteiger partial charge in [0.2, 0.25) is 0 Å². The summed E-state index contributed by atoms with van der Waals surface area (Å²) in [5.41, 5.74) is 1.09. The van der Waals surface area contributed by atoms with Gasteiger partial charge < -0.3 is 9.84 Å². The van der Waals surface area contributed by atoms with Gasteiger partial charge >= 0.3 is 0 Å². The van der Waals surface area contributed by atoms with Gasteiger partial charge in [-0.1, -0.05) is 5.16 Å². The van der Waals surface area contributed by atoms with Crippen molar-refractivity contribution in [1.82, 2.24) is 15.4 Å². The van der Waals surface area contributed by atoms with E-state index in [0.717, 1.165) is 30.1 Å². The van der Waals surface area contributed by atoms with E-state index in [1.807, 2.05) is 6.92 Å². The maximum absolute atomic E-state index is 5.15. The zero-order valence-electron chi connectivity index (χ0n) is 10.6. The number of fused-ring (bicyclic) bond motifs is 2. The topological polar surface area (TPSA) is 41.3 Å². The fourth-order valence-electron chi connectivity index (χ4n) is 3.45. The third-order valence-electron chi connectivity index (χ3n) is 4.31. The summed E-state index contributed by atoms with van der Waals surface area (Å²) in [6.45, 7) is 2.92. The summed E-state index contributed by atoms with van der Waals surface area (Å²) in [5, 5.41) is 7.55. The normalized spacial score (nSPS) is 33.2. The molecular weight excluding hydrogens is 214 g/mol. The zero-order chi connectivity index (χ0) is 11.8. The standard InChI is InChI=1S/C13H21N3O/c1-9-5-11(15-17-9)8-16-12-3-4-13(16)7-10(6-12)14-2/h5,10,12-14H,3-4,6-8H2,1-2H3. The lowest BCUT2D eigenvalue weighted by atomic mass is 9.97. The van der Waals surface area contributed by atoms with E-state index in [1.54, 1.807) is 0 Å². The zero-order valence-corrected chi connectivity index (χ0v) is 10.6. The predicted octanol–water partition coefficient (Wildman–Crippen LogP) is 1.70. The minimum Gasteiger partial charge on any atom is -0.361 e. The molecule has 4 nitrogen and oxygen atoms in total. The van der Waals surface area contributed by atoms with Gasteiger partial charge in [0.05, 0.1) is 5.69 Å². The molecular formula is C13H21N3O. The van der Waals surface area contributed by atoms with Crippen LogP contribution in [0.15, 0.2) is 10.6 Å². The van der Waals surface area contributed by atoms with Gasteiger partial charge in [-0.25, -0.2) is 0 Å². The fourth-order valence-corrected chi connectivity index (χ4v) is 3.45. The van der Waals surface area contributed by atoms with Gasteiger partial charge in [0.15, 0.2) is 0 Å². The van der Waals surface area contributed by atoms with Gasteiger partial charge in [-0.2, -0.15) is 0 Å². The number of nitrogens with zero attached hydrogens (tertiary/aromatic N) is 2. The van der Waals surface area contributed by atoms with Crippen LogP contribution < -0.4 is 5.32 Å². The van der Waals surface area contributed by atoms with E-state index in [-0.39, 0.29) is 0 Å². The smallest absolute Gasteiger partial charge is 0.133 e. The van der Waals surface area contributed by atoms with Gasteiger partial charge in [0.1, 0.15) is 5.76 Å². The molecule has 3 rings (SSSR count). The molecule has 0 aliphatic carbocycles. The van der Waals surface area contributed by atoms with E-state index in [0.29, 0.717) is 6.04 Å². The summed E-state index contributed by atoms with van der Waals surface area (Å²) in [4.78, 5) is 2.63. The van der Waals surface area contributed by atoms with Crippen LogP contribution in [0.3, 0.4) is 0 Å². The highest BCUT2D eigenvalue weighted by atomic mass is 16.5. The van der Waals surface area contributed by atoms with E-state index in [2.05, 4.69) is 28.5 Å². The molecule has 2 aliphatic rings. The highest BCUT2D eigenvalue weighted by molar-refractivity contribution is 5.06. The Labute approximate surface area is 102 Å². The summed E-state index contributed by atoms with van der Waals surface area (Å²) in [6.07, 6.45) is 5.26. The lowest BCUT2D eigenvalue weighted by Crippen LogP contribution is -2.47. The SMILES string of the molecule is CNC1CC2CCC(C1)N2Cc1cc(C)on1. The minimum absolute atomic E-state index is 0.711. The van der Waals surface area contributed by atoms with E-state index >= 15 is 0 Å². The Morgan fingerprint density at radius 2 is 2.12 bits per heavy atom. The van der Waals surface area contributed by atoms with Crippen molar-refractivity contribution in [3.63, 3.8) is 0 Å². The quantitative estimate of drug-likeness (QED) is 0.865. The Hall–Kier alpha value is -0.870. The maximum Gasteiger partial charge on any atom is 0.133 e. The van der Waals surface area contributed by atoms with Crippen LogP contribution in [0, 0.1) is 6.92 Å². The molecule has 4 heteroatoms. The van der Waals surface area contributed by atoms with Gasteiger partial charge in [-0.05, 0) is 39.7 Å². The van der Waals surface area contributed by atoms with Gasteiger partial charge in [-0.15, -0.1) is 0 Å². The molecule has 0 saturated carbocycles. The van der Waals surface area contributed by atoms with Crippen LogP contribution in [-0.4, -0.2) is 35.2 Å². The number of aromatic nitrogens is 1. The second-order valence-electron chi connectivity index (χ2n) is 5.44. The first-order chi connectivity index (χ1) is 8.26. The van der Waals surface area contributed by atoms with E-state index < -0.39 is 0 Å². The van der Waals surface area contributed by atoms with Crippen molar-refractivity contribution in [3.05, 3.63) is 17.5 Å². The average molecular weight is 235 g/mol. The van der Waals surface area contributed by atoms with Crippen molar-refractivity contribution in [2.24, 2.45) is 0 Å². The number of hydrogen-bond acceptors (Lipinski definition) is 4. The molecule has 17 heavy (non-hydrogen) atoms. The monoisotopic (exact) mass is 235 g/mol. The summed E-state index contributed by atoms with van der Waals surface area (Å²) in [7, 11) is 2.08. The van der Waals surface area contributed by atoms with Crippen LogP contribution in [-0.2, 0) is 6.54 Å². The van der Waals surface area contributed by atoms with Gasteiger partial charge in [-0.3, -0.25) is 4.90 Å². The first-order valence-electron chi connectivity index (χ1n) is 6.61. The molecule has 1 aromatic heterocycles. The molecule has 2 aliphatic heterocycles. The second kappa shape index (κ2) is 4.42. The molecule has 94 valence electrons. The van der Waals surface area contributed by atoms with Crippen molar-refractivity contribution in [1.29, 1.82) is 0 Å². The lowest BCUT2D eigenvalue weighted by molar-refractivity contribution is 0.109. The fraction of sp³-hybridized carbons (Fsp3) is 0.769. The van der Waals surface area contributed by atoms with Crippen LogP contribution in [0.5, 0.6) is 0 Å². The van der Waals surface area contributed by atoms with Gasteiger partial charge in [0.25, 0.3) is 0 Å². The summed E-state index contributed by atoms with van der Waals surface area (Å²) in [6, 6.07) is 4.25. The molecule has 3 heterocycles. The summed E-state index contributed by atoms with van der Waals surface area (Å²) in [5.74, 6) is 0.914. The Morgan fingerprint density at radius 3 is 2.65 bits per heavy atom. The number of rotatable bonds is 3. The van der Waals surface area contributed by atoms with Crippen LogP contribution in [0.25, 0.3) is 0 Å². The maximum atomic E-state index is 5.15. The van der Waals surface area contributed by atoms with Crippen LogP contribution in [0.4, 0.5) is 0 Å². The first kappa shape index (κ1) is 11.2. The largest absolute Gasteiger partial charge is 0.361 e. The number of nitrogens with one attached hydrogen (secondary N) is 1. The molecule has 0 radical (unpaired) electrons. The Morgan fingerprint density at radius 1 is 1.41 bits per heavy atom. The average Bonchev–Trinajstić information content (AvgIpc) is 2.82. The molecule has 2 atom stereocenters. The molecule has 2 unspecified atom stereocenters. The van der Waals surface area contributed by atoms with Crippen molar-refractivity contribution >= 4 is 0 Å². The molecule has 2 saturated heterocycles. The Kier molecular flexibility index (Phi) is 2.92. The Balaban J connectivity index is 1.69. The Bertz CT molecular complexity index is 376. The second-order valence-corrected chi connectivity index (χ2v) is 5.44. The van der Waals surface area contributed by atoms with Crippen molar-refractivity contribution in [2.75, 3.05) is 7.05 Å².